The summed E-state index contributed by atoms with van der Waals surface area (Å²) in [4.78, 5) is 5.42. The first-order chi connectivity index (χ1) is 7.41. The van der Waals surface area contributed by atoms with Gasteiger partial charge in [0.1, 0.15) is 10.8 Å². The van der Waals surface area contributed by atoms with Crippen molar-refractivity contribution in [2.75, 3.05) is 0 Å². The second-order valence-electron chi connectivity index (χ2n) is 4.25. The van der Waals surface area contributed by atoms with Crippen molar-refractivity contribution in [2.24, 2.45) is 5.73 Å². The van der Waals surface area contributed by atoms with E-state index in [-0.39, 0.29) is 5.84 Å². The highest BCUT2D eigenvalue weighted by atomic mass is 32.2. The summed E-state index contributed by atoms with van der Waals surface area (Å²) in [5, 5.41) is 9.22. The van der Waals surface area contributed by atoms with E-state index >= 15 is 0 Å². The molecule has 0 spiro atoms. The normalized spacial score (nSPS) is 11.4. The molecule has 1 heterocycles. The highest BCUT2D eigenvalue weighted by Crippen LogP contribution is 2.28. The van der Waals surface area contributed by atoms with Crippen LogP contribution >= 0.6 is 23.1 Å². The molecule has 1 aromatic rings. The molecule has 0 saturated heterocycles. The lowest BCUT2D eigenvalue weighted by Gasteiger charge is -2.02. The third-order valence-electron chi connectivity index (χ3n) is 2.03. The number of nitrogens with one attached hydrogen (secondary N) is 1. The van der Waals surface area contributed by atoms with Gasteiger partial charge in [0.05, 0.1) is 10.6 Å². The summed E-state index contributed by atoms with van der Waals surface area (Å²) in [7, 11) is 0. The molecule has 3 N–H and O–H groups in total. The van der Waals surface area contributed by atoms with Crippen molar-refractivity contribution in [3.8, 4) is 0 Å². The molecule has 3 nitrogen and oxygen atoms in total. The minimum absolute atomic E-state index is 0.141. The van der Waals surface area contributed by atoms with E-state index in [1.807, 2.05) is 11.8 Å². The Balaban J connectivity index is 2.88. The Kier molecular flexibility index (Phi) is 4.80. The summed E-state index contributed by atoms with van der Waals surface area (Å²) < 4.78 is 0. The van der Waals surface area contributed by atoms with Gasteiger partial charge in [0.15, 0.2) is 0 Å². The van der Waals surface area contributed by atoms with Crippen molar-refractivity contribution in [1.29, 1.82) is 5.41 Å². The summed E-state index contributed by atoms with van der Waals surface area (Å²) in [6, 6.07) is 0. The molecule has 0 unspecified atom stereocenters. The summed E-state index contributed by atoms with van der Waals surface area (Å²) in [6.45, 7) is 8.52. The Morgan fingerprint density at radius 1 is 1.44 bits per heavy atom. The maximum atomic E-state index is 7.54. The van der Waals surface area contributed by atoms with Crippen LogP contribution in [0.5, 0.6) is 0 Å². The Labute approximate surface area is 105 Å². The van der Waals surface area contributed by atoms with Gasteiger partial charge in [-0.15, -0.1) is 11.3 Å². The van der Waals surface area contributed by atoms with Crippen LogP contribution < -0.4 is 5.73 Å². The number of nitrogen functional groups attached to an aromatic ring is 1. The molecular formula is C11H19N3S2. The SMILES string of the molecule is CC(C)SCc1nc(C(C)C)c(C(=N)N)s1. The van der Waals surface area contributed by atoms with Crippen molar-refractivity contribution in [2.45, 2.75) is 44.6 Å². The molecule has 1 rings (SSSR count). The second-order valence-corrected chi connectivity index (χ2v) is 6.90. The number of hydrogen-bond donors (Lipinski definition) is 2. The van der Waals surface area contributed by atoms with Crippen molar-refractivity contribution in [3.63, 3.8) is 0 Å². The average molecular weight is 257 g/mol. The van der Waals surface area contributed by atoms with Crippen LogP contribution in [0.3, 0.4) is 0 Å². The van der Waals surface area contributed by atoms with Crippen molar-refractivity contribution >= 4 is 28.9 Å². The van der Waals surface area contributed by atoms with Gasteiger partial charge < -0.3 is 5.73 Å². The van der Waals surface area contributed by atoms with Crippen LogP contribution in [-0.4, -0.2) is 16.1 Å². The van der Waals surface area contributed by atoms with Gasteiger partial charge in [-0.3, -0.25) is 5.41 Å². The van der Waals surface area contributed by atoms with Gasteiger partial charge in [0, 0.05) is 5.75 Å². The predicted molar refractivity (Wildman–Crippen MR) is 73.7 cm³/mol. The number of amidine groups is 1. The first-order valence-electron chi connectivity index (χ1n) is 5.37. The maximum absolute atomic E-state index is 7.54. The van der Waals surface area contributed by atoms with Crippen LogP contribution in [-0.2, 0) is 5.75 Å². The average Bonchev–Trinajstić information content (AvgIpc) is 2.58. The number of rotatable bonds is 5. The molecule has 16 heavy (non-hydrogen) atoms. The lowest BCUT2D eigenvalue weighted by atomic mass is 10.1. The maximum Gasteiger partial charge on any atom is 0.135 e. The van der Waals surface area contributed by atoms with Crippen molar-refractivity contribution < 1.29 is 0 Å². The fourth-order valence-electron chi connectivity index (χ4n) is 1.26. The van der Waals surface area contributed by atoms with Crippen LogP contribution in [0.25, 0.3) is 0 Å². The molecule has 5 heteroatoms. The van der Waals surface area contributed by atoms with Crippen LogP contribution in [0, 0.1) is 5.41 Å². The smallest absolute Gasteiger partial charge is 0.135 e. The molecular weight excluding hydrogens is 238 g/mol. The van der Waals surface area contributed by atoms with Gasteiger partial charge >= 0.3 is 0 Å². The van der Waals surface area contributed by atoms with Crippen LogP contribution in [0.15, 0.2) is 0 Å². The molecule has 0 radical (unpaired) electrons. The lowest BCUT2D eigenvalue weighted by Crippen LogP contribution is -2.12. The molecule has 0 saturated carbocycles. The molecule has 0 aliphatic carbocycles. The number of thioether (sulfide) groups is 1. The third-order valence-corrected chi connectivity index (χ3v) is 4.42. The second kappa shape index (κ2) is 5.68. The molecule has 0 aliphatic heterocycles. The molecule has 0 atom stereocenters. The van der Waals surface area contributed by atoms with Crippen LogP contribution in [0.2, 0.25) is 0 Å². The zero-order valence-electron chi connectivity index (χ0n) is 10.2. The molecule has 0 amide bonds. The van der Waals surface area contributed by atoms with Gasteiger partial charge in [-0.1, -0.05) is 27.7 Å². The molecule has 1 aromatic heterocycles. The quantitative estimate of drug-likeness (QED) is 0.629. The van der Waals surface area contributed by atoms with E-state index in [0.29, 0.717) is 11.2 Å². The zero-order valence-corrected chi connectivity index (χ0v) is 11.8. The van der Waals surface area contributed by atoms with Crippen molar-refractivity contribution in [3.05, 3.63) is 15.6 Å². The standard InChI is InChI=1S/C11H19N3S2/c1-6(2)9-10(11(12)13)16-8(14-9)5-15-7(3)4/h6-7H,5H2,1-4H3,(H3,12,13). The summed E-state index contributed by atoms with van der Waals surface area (Å²) in [5.74, 6) is 1.38. The van der Waals surface area contributed by atoms with Gasteiger partial charge in [-0.25, -0.2) is 4.98 Å². The van der Waals surface area contributed by atoms with Gasteiger partial charge in [-0.2, -0.15) is 11.8 Å². The Bertz CT molecular complexity index is 369. The van der Waals surface area contributed by atoms with E-state index in [1.165, 1.54) is 0 Å². The number of aromatic nitrogens is 1. The molecule has 0 aromatic carbocycles. The van der Waals surface area contributed by atoms with Crippen LogP contribution in [0.1, 0.15) is 49.2 Å². The minimum atomic E-state index is 0.141. The van der Waals surface area contributed by atoms with E-state index < -0.39 is 0 Å². The third kappa shape index (κ3) is 3.49. The fourth-order valence-corrected chi connectivity index (χ4v) is 3.12. The summed E-state index contributed by atoms with van der Waals surface area (Å²) in [6.07, 6.45) is 0. The molecule has 0 bridgehead atoms. The molecule has 90 valence electrons. The van der Waals surface area contributed by atoms with Gasteiger partial charge in [0.25, 0.3) is 0 Å². The minimum Gasteiger partial charge on any atom is -0.383 e. The topological polar surface area (TPSA) is 62.8 Å². The largest absolute Gasteiger partial charge is 0.383 e. The van der Waals surface area contributed by atoms with Gasteiger partial charge in [-0.05, 0) is 11.2 Å². The highest BCUT2D eigenvalue weighted by Gasteiger charge is 2.16. The van der Waals surface area contributed by atoms with E-state index in [4.69, 9.17) is 11.1 Å². The van der Waals surface area contributed by atoms with E-state index in [2.05, 4.69) is 32.7 Å². The van der Waals surface area contributed by atoms with E-state index in [1.54, 1.807) is 11.3 Å². The number of hydrogen-bond acceptors (Lipinski definition) is 4. The van der Waals surface area contributed by atoms with Crippen molar-refractivity contribution in [1.82, 2.24) is 4.98 Å². The first kappa shape index (κ1) is 13.5. The first-order valence-corrected chi connectivity index (χ1v) is 7.24. The summed E-state index contributed by atoms with van der Waals surface area (Å²) in [5.41, 5.74) is 6.54. The number of nitrogens with zero attached hydrogens (tertiary/aromatic N) is 1. The highest BCUT2D eigenvalue weighted by molar-refractivity contribution is 7.99. The monoisotopic (exact) mass is 257 g/mol. The zero-order chi connectivity index (χ0) is 12.3. The predicted octanol–water partition coefficient (Wildman–Crippen LogP) is 3.19. The molecule has 0 fully saturated rings. The van der Waals surface area contributed by atoms with Crippen LogP contribution in [0.4, 0.5) is 0 Å². The van der Waals surface area contributed by atoms with E-state index in [9.17, 15) is 0 Å². The van der Waals surface area contributed by atoms with E-state index in [0.717, 1.165) is 21.3 Å². The number of thiazole rings is 1. The van der Waals surface area contributed by atoms with Gasteiger partial charge in [0.2, 0.25) is 0 Å². The Morgan fingerprint density at radius 3 is 2.44 bits per heavy atom. The lowest BCUT2D eigenvalue weighted by molar-refractivity contribution is 0.825. The Hall–Kier alpha value is -0.550. The summed E-state index contributed by atoms with van der Waals surface area (Å²) >= 11 is 3.42. The Morgan fingerprint density at radius 2 is 2.06 bits per heavy atom. The number of nitrogens with two attached hydrogens (primary N) is 1. The fraction of sp³-hybridized carbons (Fsp3) is 0.636. The molecule has 0 aliphatic rings.